The number of carbonyl (C=O) groups is 1. The quantitative estimate of drug-likeness (QED) is 0.759. The van der Waals surface area contributed by atoms with E-state index in [0.29, 0.717) is 12.3 Å². The zero-order chi connectivity index (χ0) is 14.3. The molecule has 0 bridgehead atoms. The van der Waals surface area contributed by atoms with E-state index < -0.39 is 0 Å². The molecule has 1 unspecified atom stereocenters. The molecule has 0 spiro atoms. The maximum atomic E-state index is 11.5. The molecule has 0 aliphatic heterocycles. The highest BCUT2D eigenvalue weighted by molar-refractivity contribution is 5.77. The van der Waals surface area contributed by atoms with Crippen molar-refractivity contribution < 1.29 is 14.6 Å². The van der Waals surface area contributed by atoms with Gasteiger partial charge in [-0.3, -0.25) is 4.79 Å². The minimum absolute atomic E-state index is 0.0245. The van der Waals surface area contributed by atoms with Crippen LogP contribution < -0.4 is 10.1 Å². The van der Waals surface area contributed by atoms with Crippen LogP contribution in [-0.4, -0.2) is 49.3 Å². The van der Waals surface area contributed by atoms with Crippen molar-refractivity contribution in [1.82, 2.24) is 10.2 Å². The van der Waals surface area contributed by atoms with Gasteiger partial charge in [0, 0.05) is 32.2 Å². The summed E-state index contributed by atoms with van der Waals surface area (Å²) in [5.41, 5.74) is 0.967. The van der Waals surface area contributed by atoms with Crippen molar-refractivity contribution in [2.24, 2.45) is 0 Å². The summed E-state index contributed by atoms with van der Waals surface area (Å²) >= 11 is 0. The molecular formula is C14H22N2O3. The molecule has 5 heteroatoms. The third-order valence-corrected chi connectivity index (χ3v) is 2.74. The van der Waals surface area contributed by atoms with Crippen LogP contribution in [0.5, 0.6) is 5.75 Å². The van der Waals surface area contributed by atoms with Crippen molar-refractivity contribution in [1.29, 1.82) is 0 Å². The first-order valence-corrected chi connectivity index (χ1v) is 6.29. The van der Waals surface area contributed by atoms with Crippen LogP contribution in [0, 0.1) is 0 Å². The second-order valence-electron chi connectivity index (χ2n) is 4.65. The van der Waals surface area contributed by atoms with Gasteiger partial charge in [0.25, 0.3) is 5.91 Å². The summed E-state index contributed by atoms with van der Waals surface area (Å²) in [7, 11) is 3.39. The van der Waals surface area contributed by atoms with Gasteiger partial charge in [-0.1, -0.05) is 18.2 Å². The molecule has 5 nitrogen and oxygen atoms in total. The number of para-hydroxylation sites is 1. The fourth-order valence-corrected chi connectivity index (χ4v) is 1.41. The lowest BCUT2D eigenvalue weighted by molar-refractivity contribution is -0.130. The van der Waals surface area contributed by atoms with Gasteiger partial charge in [0.05, 0.1) is 6.61 Å². The van der Waals surface area contributed by atoms with Gasteiger partial charge in [0.2, 0.25) is 0 Å². The monoisotopic (exact) mass is 266 g/mol. The molecule has 0 saturated carbocycles. The Morgan fingerprint density at radius 1 is 1.42 bits per heavy atom. The molecule has 0 heterocycles. The molecule has 1 rings (SSSR count). The second kappa shape index (κ2) is 7.76. The normalized spacial score (nSPS) is 12.0. The summed E-state index contributed by atoms with van der Waals surface area (Å²) in [6.45, 7) is 2.61. The van der Waals surface area contributed by atoms with Crippen molar-refractivity contribution >= 4 is 5.91 Å². The lowest BCUT2D eigenvalue weighted by Crippen LogP contribution is -2.29. The van der Waals surface area contributed by atoms with E-state index in [1.165, 1.54) is 4.90 Å². The summed E-state index contributed by atoms with van der Waals surface area (Å²) in [5, 5.41) is 12.1. The van der Waals surface area contributed by atoms with Crippen LogP contribution in [0.2, 0.25) is 0 Å². The summed E-state index contributed by atoms with van der Waals surface area (Å²) in [6.07, 6.45) is 0. The van der Waals surface area contributed by atoms with Gasteiger partial charge in [-0.25, -0.2) is 0 Å². The maximum absolute atomic E-state index is 11.5. The van der Waals surface area contributed by atoms with Crippen LogP contribution in [0.4, 0.5) is 0 Å². The second-order valence-corrected chi connectivity index (χ2v) is 4.65. The SMILES string of the molecule is CC(CO)NCc1ccccc1OCC(=O)N(C)C. The first-order valence-electron chi connectivity index (χ1n) is 6.29. The first-order chi connectivity index (χ1) is 9.04. The molecule has 0 aromatic heterocycles. The largest absolute Gasteiger partial charge is 0.483 e. The molecule has 0 saturated heterocycles. The van der Waals surface area contributed by atoms with Crippen molar-refractivity contribution in [3.05, 3.63) is 29.8 Å². The zero-order valence-electron chi connectivity index (χ0n) is 11.7. The van der Waals surface area contributed by atoms with Crippen LogP contribution >= 0.6 is 0 Å². The number of hydrogen-bond acceptors (Lipinski definition) is 4. The molecule has 0 fully saturated rings. The van der Waals surface area contributed by atoms with Crippen LogP contribution in [-0.2, 0) is 11.3 Å². The number of carbonyl (C=O) groups excluding carboxylic acids is 1. The van der Waals surface area contributed by atoms with E-state index in [2.05, 4.69) is 5.32 Å². The van der Waals surface area contributed by atoms with Crippen molar-refractivity contribution in [3.63, 3.8) is 0 Å². The van der Waals surface area contributed by atoms with Gasteiger partial charge >= 0.3 is 0 Å². The Balaban J connectivity index is 2.60. The number of nitrogens with zero attached hydrogens (tertiary/aromatic N) is 1. The van der Waals surface area contributed by atoms with Gasteiger partial charge in [0.1, 0.15) is 5.75 Å². The van der Waals surface area contributed by atoms with Gasteiger partial charge in [-0.2, -0.15) is 0 Å². The number of aliphatic hydroxyl groups excluding tert-OH is 1. The maximum Gasteiger partial charge on any atom is 0.259 e. The number of nitrogens with one attached hydrogen (secondary N) is 1. The Kier molecular flexibility index (Phi) is 6.32. The summed E-state index contributed by atoms with van der Waals surface area (Å²) in [5.74, 6) is 0.613. The average molecular weight is 266 g/mol. The number of benzene rings is 1. The Morgan fingerprint density at radius 2 is 2.11 bits per heavy atom. The molecule has 1 amide bonds. The molecule has 1 aromatic carbocycles. The fourth-order valence-electron chi connectivity index (χ4n) is 1.41. The standard InChI is InChI=1S/C14H22N2O3/c1-11(9-17)15-8-12-6-4-5-7-13(12)19-10-14(18)16(2)3/h4-7,11,15,17H,8-10H2,1-3H3. The van der Waals surface area contributed by atoms with Crippen molar-refractivity contribution in [2.45, 2.75) is 19.5 Å². The van der Waals surface area contributed by atoms with Gasteiger partial charge < -0.3 is 20.1 Å². The molecule has 1 aromatic rings. The number of hydrogen-bond donors (Lipinski definition) is 2. The molecule has 0 aliphatic carbocycles. The van der Waals surface area contributed by atoms with Gasteiger partial charge in [0.15, 0.2) is 6.61 Å². The minimum atomic E-state index is -0.0773. The number of likely N-dealkylation sites (N-methyl/N-ethyl adjacent to an activating group) is 1. The highest BCUT2D eigenvalue weighted by Gasteiger charge is 2.08. The summed E-state index contributed by atoms with van der Waals surface area (Å²) < 4.78 is 5.53. The summed E-state index contributed by atoms with van der Waals surface area (Å²) in [6, 6.07) is 7.59. The van der Waals surface area contributed by atoms with Gasteiger partial charge in [-0.05, 0) is 13.0 Å². The van der Waals surface area contributed by atoms with E-state index in [-0.39, 0.29) is 25.2 Å². The molecule has 106 valence electrons. The predicted octanol–water partition coefficient (Wildman–Crippen LogP) is 0.624. The fraction of sp³-hybridized carbons (Fsp3) is 0.500. The van der Waals surface area contributed by atoms with Crippen LogP contribution in [0.1, 0.15) is 12.5 Å². The van der Waals surface area contributed by atoms with Crippen molar-refractivity contribution in [2.75, 3.05) is 27.3 Å². The lowest BCUT2D eigenvalue weighted by Gasteiger charge is -2.15. The van der Waals surface area contributed by atoms with Crippen LogP contribution in [0.25, 0.3) is 0 Å². The molecule has 2 N–H and O–H groups in total. The molecule has 19 heavy (non-hydrogen) atoms. The molecular weight excluding hydrogens is 244 g/mol. The van der Waals surface area contributed by atoms with Gasteiger partial charge in [-0.15, -0.1) is 0 Å². The smallest absolute Gasteiger partial charge is 0.259 e. The average Bonchev–Trinajstić information content (AvgIpc) is 2.42. The third kappa shape index (κ3) is 5.28. The van der Waals surface area contributed by atoms with Crippen LogP contribution in [0.3, 0.4) is 0 Å². The molecule has 1 atom stereocenters. The minimum Gasteiger partial charge on any atom is -0.483 e. The van der Waals surface area contributed by atoms with E-state index in [9.17, 15) is 4.79 Å². The zero-order valence-corrected chi connectivity index (χ0v) is 11.7. The molecule has 0 radical (unpaired) electrons. The first kappa shape index (κ1) is 15.5. The highest BCUT2D eigenvalue weighted by atomic mass is 16.5. The number of ether oxygens (including phenoxy) is 1. The van der Waals surface area contributed by atoms with E-state index in [1.807, 2.05) is 31.2 Å². The Hall–Kier alpha value is -1.59. The number of rotatable bonds is 7. The van der Waals surface area contributed by atoms with Crippen molar-refractivity contribution in [3.8, 4) is 5.75 Å². The summed E-state index contributed by atoms with van der Waals surface area (Å²) in [4.78, 5) is 13.0. The van der Waals surface area contributed by atoms with E-state index >= 15 is 0 Å². The van der Waals surface area contributed by atoms with E-state index in [1.54, 1.807) is 14.1 Å². The van der Waals surface area contributed by atoms with Crippen LogP contribution in [0.15, 0.2) is 24.3 Å². The van der Waals surface area contributed by atoms with E-state index in [4.69, 9.17) is 9.84 Å². The highest BCUT2D eigenvalue weighted by Crippen LogP contribution is 2.17. The third-order valence-electron chi connectivity index (χ3n) is 2.74. The Morgan fingerprint density at radius 3 is 2.74 bits per heavy atom. The lowest BCUT2D eigenvalue weighted by atomic mass is 10.2. The number of aliphatic hydroxyl groups is 1. The Bertz CT molecular complexity index is 407. The van der Waals surface area contributed by atoms with E-state index in [0.717, 1.165) is 5.56 Å². The topological polar surface area (TPSA) is 61.8 Å². The molecule has 0 aliphatic rings. The Labute approximate surface area is 114 Å². The number of amides is 1. The predicted molar refractivity (Wildman–Crippen MR) is 74.0 cm³/mol.